The van der Waals surface area contributed by atoms with Crippen molar-refractivity contribution in [3.8, 4) is 17.0 Å². The van der Waals surface area contributed by atoms with Crippen molar-refractivity contribution in [2.24, 2.45) is 0 Å². The van der Waals surface area contributed by atoms with Crippen LogP contribution in [0.1, 0.15) is 28.8 Å². The minimum atomic E-state index is -3.09. The molecule has 1 saturated heterocycles. The molecule has 3 heterocycles. The molecule has 1 fully saturated rings. The second-order valence-electron chi connectivity index (χ2n) is 7.79. The van der Waals surface area contributed by atoms with Crippen molar-refractivity contribution in [3.63, 3.8) is 0 Å². The van der Waals surface area contributed by atoms with E-state index in [4.69, 9.17) is 9.47 Å². The van der Waals surface area contributed by atoms with Gasteiger partial charge in [0.2, 0.25) is 0 Å². The van der Waals surface area contributed by atoms with Crippen LogP contribution in [0, 0.1) is 6.92 Å². The molecule has 0 aliphatic carbocycles. The summed E-state index contributed by atoms with van der Waals surface area (Å²) in [5, 5.41) is 2.81. The third-order valence-electron chi connectivity index (χ3n) is 5.62. The van der Waals surface area contributed by atoms with Crippen LogP contribution in [0.2, 0.25) is 0 Å². The van der Waals surface area contributed by atoms with Crippen LogP contribution in [0.5, 0.6) is 5.75 Å². The lowest BCUT2D eigenvalue weighted by Gasteiger charge is -2.15. The molecule has 32 heavy (non-hydrogen) atoms. The van der Waals surface area contributed by atoms with Gasteiger partial charge in [-0.15, -0.1) is 0 Å². The second-order valence-corrected chi connectivity index (χ2v) is 10.0. The van der Waals surface area contributed by atoms with Gasteiger partial charge in [0, 0.05) is 19.2 Å². The maximum Gasteiger partial charge on any atom is 0.272 e. The van der Waals surface area contributed by atoms with E-state index in [0.29, 0.717) is 47.9 Å². The van der Waals surface area contributed by atoms with Crippen molar-refractivity contribution in [2.45, 2.75) is 19.4 Å². The van der Waals surface area contributed by atoms with E-state index in [1.807, 2.05) is 41.8 Å². The number of sulfone groups is 1. The van der Waals surface area contributed by atoms with Crippen molar-refractivity contribution in [2.75, 3.05) is 38.9 Å². The third-order valence-corrected chi connectivity index (χ3v) is 7.37. The zero-order valence-electron chi connectivity index (χ0n) is 18.3. The van der Waals surface area contributed by atoms with Gasteiger partial charge in [-0.05, 0) is 43.7 Å². The molecule has 2 aromatic heterocycles. The van der Waals surface area contributed by atoms with Gasteiger partial charge in [-0.25, -0.2) is 18.4 Å². The normalized spacial score (nSPS) is 17.5. The molecule has 3 aromatic rings. The summed E-state index contributed by atoms with van der Waals surface area (Å²) in [5.41, 5.74) is 2.76. The highest BCUT2D eigenvalue weighted by Gasteiger charge is 2.32. The molecule has 1 aliphatic heterocycles. The molecule has 10 heteroatoms. The van der Waals surface area contributed by atoms with E-state index in [0.717, 1.165) is 5.56 Å². The molecule has 0 spiro atoms. The minimum Gasteiger partial charge on any atom is -0.497 e. The highest BCUT2D eigenvalue weighted by molar-refractivity contribution is 7.91. The highest BCUT2D eigenvalue weighted by atomic mass is 32.2. The number of benzene rings is 1. The van der Waals surface area contributed by atoms with Crippen molar-refractivity contribution in [1.82, 2.24) is 19.9 Å². The summed E-state index contributed by atoms with van der Waals surface area (Å²) in [6.45, 7) is 2.54. The lowest BCUT2D eigenvalue weighted by molar-refractivity contribution is 0.0934. The fraction of sp³-hybridized carbons (Fsp3) is 0.409. The van der Waals surface area contributed by atoms with Crippen LogP contribution in [0.15, 0.2) is 30.3 Å². The van der Waals surface area contributed by atoms with E-state index in [2.05, 4.69) is 15.3 Å². The third kappa shape index (κ3) is 4.33. The van der Waals surface area contributed by atoms with Gasteiger partial charge in [-0.3, -0.25) is 4.79 Å². The number of hydrogen-bond donors (Lipinski definition) is 1. The number of aryl methyl sites for hydroxylation is 1. The Labute approximate surface area is 186 Å². The minimum absolute atomic E-state index is 0.0643. The number of hydrogen-bond acceptors (Lipinski definition) is 7. The first-order valence-electron chi connectivity index (χ1n) is 10.3. The Hall–Kier alpha value is -2.98. The Kier molecular flexibility index (Phi) is 6.16. The average Bonchev–Trinajstić information content (AvgIpc) is 3.30. The smallest absolute Gasteiger partial charge is 0.272 e. The molecule has 0 saturated carbocycles. The summed E-state index contributed by atoms with van der Waals surface area (Å²) >= 11 is 0. The summed E-state index contributed by atoms with van der Waals surface area (Å²) < 4.78 is 36.4. The van der Waals surface area contributed by atoms with Crippen LogP contribution in [0.4, 0.5) is 0 Å². The summed E-state index contributed by atoms with van der Waals surface area (Å²) in [6, 6.07) is 9.03. The monoisotopic (exact) mass is 458 g/mol. The zero-order valence-corrected chi connectivity index (χ0v) is 19.1. The first-order chi connectivity index (χ1) is 15.3. The molecular weight excluding hydrogens is 432 g/mol. The van der Waals surface area contributed by atoms with Crippen LogP contribution in [-0.4, -0.2) is 67.7 Å². The Bertz CT molecular complexity index is 1250. The van der Waals surface area contributed by atoms with Crippen LogP contribution < -0.4 is 10.1 Å². The number of imidazole rings is 1. The molecule has 0 bridgehead atoms. The highest BCUT2D eigenvalue weighted by Crippen LogP contribution is 2.32. The summed E-state index contributed by atoms with van der Waals surface area (Å²) in [7, 11) is 0.0695. The van der Waals surface area contributed by atoms with Crippen molar-refractivity contribution in [3.05, 3.63) is 41.9 Å². The molecule has 170 valence electrons. The fourth-order valence-corrected chi connectivity index (χ4v) is 5.77. The number of fused-ring (bicyclic) bond motifs is 1. The van der Waals surface area contributed by atoms with Crippen molar-refractivity contribution < 1.29 is 22.7 Å². The molecule has 1 N–H and O–H groups in total. The fourth-order valence-electron chi connectivity index (χ4n) is 4.07. The number of pyridine rings is 1. The van der Waals surface area contributed by atoms with Gasteiger partial charge in [0.25, 0.3) is 5.91 Å². The quantitative estimate of drug-likeness (QED) is 0.540. The van der Waals surface area contributed by atoms with Gasteiger partial charge in [-0.1, -0.05) is 0 Å². The van der Waals surface area contributed by atoms with Gasteiger partial charge in [-0.2, -0.15) is 0 Å². The number of ether oxygens (including phenoxy) is 2. The number of nitrogens with zero attached hydrogens (tertiary/aromatic N) is 3. The zero-order chi connectivity index (χ0) is 22.9. The molecule has 9 nitrogen and oxygen atoms in total. The summed E-state index contributed by atoms with van der Waals surface area (Å²) in [5.74, 6) is 1.23. The maximum atomic E-state index is 13.0. The van der Waals surface area contributed by atoms with E-state index >= 15 is 0 Å². The number of aromatic nitrogens is 3. The lowest BCUT2D eigenvalue weighted by atomic mass is 10.1. The first kappa shape index (κ1) is 22.2. The van der Waals surface area contributed by atoms with Crippen LogP contribution >= 0.6 is 0 Å². The predicted octanol–water partition coefficient (Wildman–Crippen LogP) is 2.15. The maximum absolute atomic E-state index is 13.0. The van der Waals surface area contributed by atoms with E-state index in [1.165, 1.54) is 0 Å². The number of carbonyl (C=O) groups is 1. The number of nitrogens with one attached hydrogen (secondary N) is 1. The van der Waals surface area contributed by atoms with E-state index < -0.39 is 9.84 Å². The van der Waals surface area contributed by atoms with Gasteiger partial charge in [0.15, 0.2) is 15.5 Å². The standard InChI is InChI=1S/C22H26N4O5S/c1-14-24-20-19(26(14)16-8-11-32(28,29)13-16)12-18(15-4-6-17(31-3)7-5-15)25-21(20)22(27)23-9-10-30-2/h4-7,12,16H,8-11,13H2,1-3H3,(H,23,27). The van der Waals surface area contributed by atoms with Crippen LogP contribution in [0.3, 0.4) is 0 Å². The average molecular weight is 459 g/mol. The van der Waals surface area contributed by atoms with Crippen LogP contribution in [0.25, 0.3) is 22.3 Å². The summed E-state index contributed by atoms with van der Waals surface area (Å²) in [4.78, 5) is 22.2. The number of carbonyl (C=O) groups excluding carboxylic acids is 1. The topological polar surface area (TPSA) is 112 Å². The molecule has 0 radical (unpaired) electrons. The Morgan fingerprint density at radius 1 is 1.22 bits per heavy atom. The van der Waals surface area contributed by atoms with Gasteiger partial charge in [0.05, 0.1) is 42.5 Å². The van der Waals surface area contributed by atoms with Crippen molar-refractivity contribution >= 4 is 26.8 Å². The van der Waals surface area contributed by atoms with E-state index in [-0.39, 0.29) is 29.1 Å². The van der Waals surface area contributed by atoms with Gasteiger partial charge < -0.3 is 19.4 Å². The summed E-state index contributed by atoms with van der Waals surface area (Å²) in [6.07, 6.45) is 0.518. The molecule has 1 amide bonds. The SMILES string of the molecule is COCCNC(=O)c1nc(-c2ccc(OC)cc2)cc2c1nc(C)n2C1CCS(=O)(=O)C1. The largest absolute Gasteiger partial charge is 0.497 e. The van der Waals surface area contributed by atoms with E-state index in [1.54, 1.807) is 14.2 Å². The predicted molar refractivity (Wildman–Crippen MR) is 121 cm³/mol. The molecule has 4 rings (SSSR count). The van der Waals surface area contributed by atoms with Gasteiger partial charge in [0.1, 0.15) is 17.1 Å². The number of rotatable bonds is 7. The van der Waals surface area contributed by atoms with Crippen LogP contribution in [-0.2, 0) is 14.6 Å². The molecular formula is C22H26N4O5S. The second kappa shape index (κ2) is 8.87. The molecule has 1 aromatic carbocycles. The molecule has 1 aliphatic rings. The number of amides is 1. The Morgan fingerprint density at radius 2 is 1.97 bits per heavy atom. The Morgan fingerprint density at radius 3 is 2.59 bits per heavy atom. The van der Waals surface area contributed by atoms with Crippen molar-refractivity contribution in [1.29, 1.82) is 0 Å². The molecule has 1 atom stereocenters. The van der Waals surface area contributed by atoms with Gasteiger partial charge >= 0.3 is 0 Å². The first-order valence-corrected chi connectivity index (χ1v) is 12.2. The molecule has 1 unspecified atom stereocenters. The Balaban J connectivity index is 1.86. The van der Waals surface area contributed by atoms with E-state index in [9.17, 15) is 13.2 Å². The number of methoxy groups -OCH3 is 2. The lowest BCUT2D eigenvalue weighted by Crippen LogP contribution is -2.28.